The number of aromatic nitrogens is 1. The molecule has 1 aliphatic rings. The van der Waals surface area contributed by atoms with E-state index >= 15 is 0 Å². The average molecular weight is 324 g/mol. The van der Waals surface area contributed by atoms with Gasteiger partial charge in [-0.1, -0.05) is 13.8 Å². The molecule has 22 heavy (non-hydrogen) atoms. The molecular weight excluding hydrogens is 294 g/mol. The molecule has 1 fully saturated rings. The van der Waals surface area contributed by atoms with Crippen LogP contribution in [-0.4, -0.2) is 48.6 Å². The fourth-order valence-corrected chi connectivity index (χ4v) is 3.56. The maximum atomic E-state index is 4.44. The largest absolute Gasteiger partial charge is 0.354 e. The zero-order valence-electron chi connectivity index (χ0n) is 14.1. The van der Waals surface area contributed by atoms with E-state index in [-0.39, 0.29) is 0 Å². The molecule has 1 aromatic rings. The molecule has 0 atom stereocenters. The van der Waals surface area contributed by atoms with Crippen LogP contribution in [0.3, 0.4) is 0 Å². The van der Waals surface area contributed by atoms with Gasteiger partial charge < -0.3 is 15.5 Å². The van der Waals surface area contributed by atoms with E-state index in [1.807, 2.05) is 13.2 Å². The van der Waals surface area contributed by atoms with Crippen LogP contribution < -0.4 is 10.6 Å². The highest BCUT2D eigenvalue weighted by molar-refractivity contribution is 7.11. The summed E-state index contributed by atoms with van der Waals surface area (Å²) in [4.78, 5) is 12.7. The Hall–Kier alpha value is -1.14. The van der Waals surface area contributed by atoms with E-state index in [4.69, 9.17) is 0 Å². The normalized spacial score (nSPS) is 17.7. The lowest BCUT2D eigenvalue weighted by Gasteiger charge is -2.32. The van der Waals surface area contributed by atoms with Gasteiger partial charge in [0, 0.05) is 37.3 Å². The molecule has 0 aliphatic carbocycles. The summed E-state index contributed by atoms with van der Waals surface area (Å²) in [5, 5.41) is 8.05. The summed E-state index contributed by atoms with van der Waals surface area (Å²) in [6.45, 7) is 8.76. The van der Waals surface area contributed by atoms with Gasteiger partial charge in [0.05, 0.1) is 6.54 Å². The van der Waals surface area contributed by atoms with Crippen LogP contribution in [0.25, 0.3) is 0 Å². The number of rotatable bonds is 6. The van der Waals surface area contributed by atoms with Crippen LogP contribution in [-0.2, 0) is 13.0 Å². The Bertz CT molecular complexity index is 463. The molecule has 2 N–H and O–H groups in total. The van der Waals surface area contributed by atoms with Crippen LogP contribution in [0.15, 0.2) is 11.2 Å². The molecule has 5 nitrogen and oxygen atoms in total. The van der Waals surface area contributed by atoms with Crippen molar-refractivity contribution in [2.75, 3.05) is 26.7 Å². The van der Waals surface area contributed by atoms with Crippen molar-refractivity contribution < 1.29 is 0 Å². The second-order valence-electron chi connectivity index (χ2n) is 5.76. The number of aliphatic imine (C=N–C) groups is 1. The summed E-state index contributed by atoms with van der Waals surface area (Å²) in [5.41, 5.74) is 0. The van der Waals surface area contributed by atoms with E-state index in [0.717, 1.165) is 23.9 Å². The highest BCUT2D eigenvalue weighted by Crippen LogP contribution is 2.13. The molecule has 124 valence electrons. The van der Waals surface area contributed by atoms with Crippen LogP contribution in [0.1, 0.15) is 43.0 Å². The first-order valence-corrected chi connectivity index (χ1v) is 9.19. The Morgan fingerprint density at radius 3 is 2.77 bits per heavy atom. The van der Waals surface area contributed by atoms with Crippen LogP contribution in [0.2, 0.25) is 0 Å². The first-order chi connectivity index (χ1) is 10.7. The SMILES string of the molecule is CCCN1CCC(NC(=NC)NCc2ncc(CC)s2)CC1. The summed E-state index contributed by atoms with van der Waals surface area (Å²) < 4.78 is 0. The van der Waals surface area contributed by atoms with Crippen molar-refractivity contribution in [2.24, 2.45) is 4.99 Å². The Morgan fingerprint density at radius 1 is 1.41 bits per heavy atom. The smallest absolute Gasteiger partial charge is 0.191 e. The predicted molar refractivity (Wildman–Crippen MR) is 94.6 cm³/mol. The maximum Gasteiger partial charge on any atom is 0.191 e. The fourth-order valence-electron chi connectivity index (χ4n) is 2.76. The van der Waals surface area contributed by atoms with E-state index in [1.165, 1.54) is 43.8 Å². The molecule has 0 radical (unpaired) electrons. The lowest BCUT2D eigenvalue weighted by Crippen LogP contribution is -2.48. The number of thiazole rings is 1. The Morgan fingerprint density at radius 2 is 2.18 bits per heavy atom. The number of nitrogens with one attached hydrogen (secondary N) is 2. The van der Waals surface area contributed by atoms with Crippen LogP contribution in [0.4, 0.5) is 0 Å². The second kappa shape index (κ2) is 9.10. The summed E-state index contributed by atoms with van der Waals surface area (Å²) in [6.07, 6.45) is 6.66. The van der Waals surface area contributed by atoms with Crippen LogP contribution in [0.5, 0.6) is 0 Å². The topological polar surface area (TPSA) is 52.5 Å². The Labute approximate surface area is 138 Å². The molecule has 0 unspecified atom stereocenters. The minimum Gasteiger partial charge on any atom is -0.354 e. The highest BCUT2D eigenvalue weighted by Gasteiger charge is 2.19. The highest BCUT2D eigenvalue weighted by atomic mass is 32.1. The molecule has 1 saturated heterocycles. The molecule has 6 heteroatoms. The van der Waals surface area contributed by atoms with Gasteiger partial charge in [0.2, 0.25) is 0 Å². The van der Waals surface area contributed by atoms with Crippen molar-refractivity contribution >= 4 is 17.3 Å². The summed E-state index contributed by atoms with van der Waals surface area (Å²) in [7, 11) is 1.83. The van der Waals surface area contributed by atoms with Gasteiger partial charge in [-0.25, -0.2) is 4.98 Å². The molecule has 0 spiro atoms. The van der Waals surface area contributed by atoms with Crippen molar-refractivity contribution in [2.45, 2.75) is 52.1 Å². The Balaban J connectivity index is 1.73. The summed E-state index contributed by atoms with van der Waals surface area (Å²) in [6, 6.07) is 0.529. The number of nitrogens with zero attached hydrogens (tertiary/aromatic N) is 3. The quantitative estimate of drug-likeness (QED) is 0.623. The number of likely N-dealkylation sites (tertiary alicyclic amines) is 1. The number of hydrogen-bond acceptors (Lipinski definition) is 4. The fraction of sp³-hybridized carbons (Fsp3) is 0.750. The van der Waals surface area contributed by atoms with Gasteiger partial charge in [0.25, 0.3) is 0 Å². The standard InChI is InChI=1S/C16H29N5S/c1-4-8-21-9-6-13(7-10-21)20-16(17-3)19-12-15-18-11-14(5-2)22-15/h11,13H,4-10,12H2,1-3H3,(H2,17,19,20). The lowest BCUT2D eigenvalue weighted by molar-refractivity contribution is 0.206. The van der Waals surface area contributed by atoms with Gasteiger partial charge in [0.15, 0.2) is 5.96 Å². The molecular formula is C16H29N5S. The average Bonchev–Trinajstić information content (AvgIpc) is 3.01. The molecule has 0 bridgehead atoms. The van der Waals surface area contributed by atoms with E-state index in [1.54, 1.807) is 11.3 Å². The molecule has 0 amide bonds. The first kappa shape index (κ1) is 17.2. The number of guanidine groups is 1. The molecule has 2 rings (SSSR count). The van der Waals surface area contributed by atoms with E-state index < -0.39 is 0 Å². The third-order valence-electron chi connectivity index (χ3n) is 4.05. The van der Waals surface area contributed by atoms with Gasteiger partial charge >= 0.3 is 0 Å². The van der Waals surface area contributed by atoms with Crippen molar-refractivity contribution in [3.05, 3.63) is 16.1 Å². The van der Waals surface area contributed by atoms with Crippen molar-refractivity contribution in [1.82, 2.24) is 20.5 Å². The molecule has 0 aromatic carbocycles. The first-order valence-electron chi connectivity index (χ1n) is 8.38. The van der Waals surface area contributed by atoms with Crippen molar-refractivity contribution in [1.29, 1.82) is 0 Å². The zero-order valence-corrected chi connectivity index (χ0v) is 14.9. The van der Waals surface area contributed by atoms with Gasteiger partial charge in [-0.15, -0.1) is 11.3 Å². The van der Waals surface area contributed by atoms with E-state index in [9.17, 15) is 0 Å². The number of piperidine rings is 1. The van der Waals surface area contributed by atoms with Gasteiger partial charge in [-0.3, -0.25) is 4.99 Å². The van der Waals surface area contributed by atoms with Crippen molar-refractivity contribution in [3.63, 3.8) is 0 Å². The van der Waals surface area contributed by atoms with Gasteiger partial charge in [0.1, 0.15) is 5.01 Å². The maximum absolute atomic E-state index is 4.44. The second-order valence-corrected chi connectivity index (χ2v) is 6.96. The van der Waals surface area contributed by atoms with E-state index in [0.29, 0.717) is 6.04 Å². The predicted octanol–water partition coefficient (Wildman–Crippen LogP) is 2.24. The third-order valence-corrected chi connectivity index (χ3v) is 5.19. The van der Waals surface area contributed by atoms with Crippen LogP contribution in [0, 0.1) is 0 Å². The minimum absolute atomic E-state index is 0.529. The molecule has 0 saturated carbocycles. The third kappa shape index (κ3) is 5.25. The zero-order chi connectivity index (χ0) is 15.8. The Kier molecular flexibility index (Phi) is 7.12. The monoisotopic (exact) mass is 323 g/mol. The van der Waals surface area contributed by atoms with Gasteiger partial charge in [-0.2, -0.15) is 0 Å². The van der Waals surface area contributed by atoms with E-state index in [2.05, 4.69) is 39.4 Å². The minimum atomic E-state index is 0.529. The van der Waals surface area contributed by atoms with Gasteiger partial charge in [-0.05, 0) is 32.2 Å². The summed E-state index contributed by atoms with van der Waals surface area (Å²) >= 11 is 1.77. The molecule has 1 aliphatic heterocycles. The number of aryl methyl sites for hydroxylation is 1. The number of hydrogen-bond donors (Lipinski definition) is 2. The van der Waals surface area contributed by atoms with Crippen LogP contribution >= 0.6 is 11.3 Å². The molecule has 2 heterocycles. The summed E-state index contributed by atoms with van der Waals surface area (Å²) in [5.74, 6) is 0.891. The van der Waals surface area contributed by atoms with Crippen molar-refractivity contribution in [3.8, 4) is 0 Å². The lowest BCUT2D eigenvalue weighted by atomic mass is 10.1. The molecule has 1 aromatic heterocycles.